The number of nitrogens with zero attached hydrogens (tertiary/aromatic N) is 3. The van der Waals surface area contributed by atoms with Crippen LogP contribution < -0.4 is 5.56 Å². The van der Waals surface area contributed by atoms with E-state index in [-0.39, 0.29) is 17.4 Å². The quantitative estimate of drug-likeness (QED) is 0.759. The summed E-state index contributed by atoms with van der Waals surface area (Å²) in [5.41, 5.74) is 4.16. The summed E-state index contributed by atoms with van der Waals surface area (Å²) in [4.78, 5) is 30.0. The number of carbonyl (C=O) groups excluding carboxylic acids is 1. The first-order chi connectivity index (χ1) is 14.0. The third kappa shape index (κ3) is 4.01. The van der Waals surface area contributed by atoms with Gasteiger partial charge in [-0.25, -0.2) is 0 Å². The van der Waals surface area contributed by atoms with Crippen molar-refractivity contribution in [1.82, 2.24) is 14.4 Å². The van der Waals surface area contributed by atoms with Crippen LogP contribution in [0.5, 0.6) is 0 Å². The summed E-state index contributed by atoms with van der Waals surface area (Å²) in [6.45, 7) is 3.00. The van der Waals surface area contributed by atoms with Gasteiger partial charge < -0.3 is 14.4 Å². The maximum atomic E-state index is 13.5. The molecular weight excluding hydrogens is 382 g/mol. The Hall–Kier alpha value is -2.05. The van der Waals surface area contributed by atoms with Crippen molar-refractivity contribution >= 4 is 17.7 Å². The van der Waals surface area contributed by atoms with Crippen LogP contribution in [0, 0.1) is 5.92 Å². The lowest BCUT2D eigenvalue weighted by molar-refractivity contribution is -0.131. The Morgan fingerprint density at radius 2 is 1.90 bits per heavy atom. The molecule has 1 saturated heterocycles. The predicted octanol–water partition coefficient (Wildman–Crippen LogP) is 2.89. The average molecular weight is 412 g/mol. The smallest absolute Gasteiger partial charge is 0.258 e. The molecule has 1 fully saturated rings. The maximum absolute atomic E-state index is 13.5. The number of pyridine rings is 1. The molecule has 3 heterocycles. The monoisotopic (exact) mass is 411 g/mol. The summed E-state index contributed by atoms with van der Waals surface area (Å²) < 4.78 is 1.98. The van der Waals surface area contributed by atoms with Crippen LogP contribution >= 0.6 is 11.8 Å². The first-order valence-electron chi connectivity index (χ1n) is 10.2. The van der Waals surface area contributed by atoms with Crippen LogP contribution in [0.1, 0.15) is 23.6 Å². The number of aromatic nitrogens is 1. The van der Waals surface area contributed by atoms with Gasteiger partial charge in [-0.05, 0) is 55.9 Å². The Morgan fingerprint density at radius 3 is 2.66 bits per heavy atom. The van der Waals surface area contributed by atoms with Gasteiger partial charge in [0.1, 0.15) is 0 Å². The average Bonchev–Trinajstić information content (AvgIpc) is 2.69. The molecule has 0 unspecified atom stereocenters. The number of rotatable bonds is 5. The first-order valence-corrected chi connectivity index (χ1v) is 11.6. The van der Waals surface area contributed by atoms with Gasteiger partial charge in [0.15, 0.2) is 0 Å². The van der Waals surface area contributed by atoms with Gasteiger partial charge >= 0.3 is 0 Å². The van der Waals surface area contributed by atoms with E-state index in [1.165, 1.54) is 5.56 Å². The summed E-state index contributed by atoms with van der Waals surface area (Å²) in [5, 5.41) is 0. The number of hydrogen-bond acceptors (Lipinski definition) is 4. The van der Waals surface area contributed by atoms with Gasteiger partial charge in [-0.3, -0.25) is 9.59 Å². The molecule has 4 rings (SSSR count). The number of thioether (sulfide) groups is 1. The lowest BCUT2D eigenvalue weighted by atomic mass is 9.82. The highest BCUT2D eigenvalue weighted by atomic mass is 32.2. The molecule has 0 aliphatic carbocycles. The number of fused-ring (bicyclic) bond motifs is 4. The van der Waals surface area contributed by atoms with E-state index in [1.807, 2.05) is 48.0 Å². The molecule has 29 heavy (non-hydrogen) atoms. The van der Waals surface area contributed by atoms with Gasteiger partial charge in [-0.15, -0.1) is 0 Å². The number of piperidine rings is 1. The number of likely N-dealkylation sites (tertiary alicyclic amines) is 1. The molecule has 2 bridgehead atoms. The van der Waals surface area contributed by atoms with Crippen molar-refractivity contribution in [3.63, 3.8) is 0 Å². The highest BCUT2D eigenvalue weighted by molar-refractivity contribution is 7.99. The minimum Gasteiger partial charge on any atom is -0.341 e. The van der Waals surface area contributed by atoms with E-state index in [4.69, 9.17) is 0 Å². The minimum atomic E-state index is 0.104. The van der Waals surface area contributed by atoms with Crippen molar-refractivity contribution < 1.29 is 4.79 Å². The van der Waals surface area contributed by atoms with E-state index < -0.39 is 0 Å². The molecule has 0 N–H and O–H groups in total. The van der Waals surface area contributed by atoms with E-state index in [9.17, 15) is 9.59 Å². The van der Waals surface area contributed by atoms with Gasteiger partial charge in [0, 0.05) is 43.4 Å². The van der Waals surface area contributed by atoms with Gasteiger partial charge in [0.05, 0.1) is 5.75 Å². The van der Waals surface area contributed by atoms with Crippen LogP contribution in [-0.4, -0.2) is 59.5 Å². The normalized spacial score (nSPS) is 20.6. The van der Waals surface area contributed by atoms with Crippen LogP contribution in [-0.2, 0) is 17.9 Å². The summed E-state index contributed by atoms with van der Waals surface area (Å²) in [6.07, 6.45) is 3.03. The van der Waals surface area contributed by atoms with E-state index in [0.29, 0.717) is 18.2 Å². The summed E-state index contributed by atoms with van der Waals surface area (Å²) in [5.74, 6) is 1.37. The molecule has 154 valence electrons. The summed E-state index contributed by atoms with van der Waals surface area (Å²) in [6, 6.07) is 12.3. The molecule has 5 nitrogen and oxygen atoms in total. The zero-order valence-corrected chi connectivity index (χ0v) is 18.2. The van der Waals surface area contributed by atoms with E-state index in [0.717, 1.165) is 42.9 Å². The Kier molecular flexibility index (Phi) is 5.83. The molecule has 1 amide bonds. The molecule has 0 saturated carbocycles. The topological polar surface area (TPSA) is 45.6 Å². The second kappa shape index (κ2) is 8.36. The largest absolute Gasteiger partial charge is 0.341 e. The summed E-state index contributed by atoms with van der Waals surface area (Å²) >= 11 is 1.57. The number of amides is 1. The number of hydrogen-bond donors (Lipinski definition) is 0. The Balaban J connectivity index is 1.69. The molecule has 2 aliphatic rings. The fourth-order valence-electron chi connectivity index (χ4n) is 4.83. The fourth-order valence-corrected chi connectivity index (χ4v) is 5.26. The molecule has 1 aromatic heterocycles. The van der Waals surface area contributed by atoms with Gasteiger partial charge in [-0.2, -0.15) is 11.8 Å². The van der Waals surface area contributed by atoms with Crippen LogP contribution in [0.4, 0.5) is 0 Å². The molecule has 1 aromatic carbocycles. The highest BCUT2D eigenvalue weighted by Crippen LogP contribution is 2.36. The van der Waals surface area contributed by atoms with Crippen molar-refractivity contribution in [3.05, 3.63) is 58.0 Å². The Labute approximate surface area is 176 Å². The van der Waals surface area contributed by atoms with E-state index >= 15 is 0 Å². The molecule has 2 atom stereocenters. The number of carbonyl (C=O) groups is 1. The standard InChI is InChI=1S/C23H29N3O2S/c1-24(2)13-17-6-4-5-7-19(17)20-8-9-21-18-10-16(12-26(21)23(20)28)11-25(14-18)22(27)15-29-3/h4-9,16,18H,10-15H2,1-3H3/t16-,18+/m0/s1. The minimum absolute atomic E-state index is 0.104. The van der Waals surface area contributed by atoms with Gasteiger partial charge in [-0.1, -0.05) is 24.3 Å². The second-order valence-corrected chi connectivity index (χ2v) is 9.38. The highest BCUT2D eigenvalue weighted by Gasteiger charge is 2.36. The molecule has 0 radical (unpaired) electrons. The first kappa shape index (κ1) is 20.2. The van der Waals surface area contributed by atoms with Crippen LogP contribution in [0.15, 0.2) is 41.2 Å². The van der Waals surface area contributed by atoms with Gasteiger partial charge in [0.2, 0.25) is 5.91 Å². The zero-order valence-electron chi connectivity index (χ0n) is 17.4. The second-order valence-electron chi connectivity index (χ2n) is 8.51. The van der Waals surface area contributed by atoms with Crippen molar-refractivity contribution in [1.29, 1.82) is 0 Å². The fraction of sp³-hybridized carbons (Fsp3) is 0.478. The third-order valence-electron chi connectivity index (χ3n) is 6.02. The molecule has 6 heteroatoms. The van der Waals surface area contributed by atoms with Crippen molar-refractivity contribution in [2.45, 2.75) is 25.4 Å². The van der Waals surface area contributed by atoms with E-state index in [2.05, 4.69) is 23.1 Å². The molecular formula is C23H29N3O2S. The van der Waals surface area contributed by atoms with Crippen molar-refractivity contribution in [2.75, 3.05) is 39.2 Å². The van der Waals surface area contributed by atoms with Gasteiger partial charge in [0.25, 0.3) is 5.56 Å². The van der Waals surface area contributed by atoms with Crippen LogP contribution in [0.25, 0.3) is 11.1 Å². The van der Waals surface area contributed by atoms with Crippen LogP contribution in [0.2, 0.25) is 0 Å². The van der Waals surface area contributed by atoms with E-state index in [1.54, 1.807) is 11.8 Å². The van der Waals surface area contributed by atoms with Crippen LogP contribution in [0.3, 0.4) is 0 Å². The lowest BCUT2D eigenvalue weighted by Crippen LogP contribution is -2.49. The zero-order chi connectivity index (χ0) is 20.5. The number of benzene rings is 1. The SMILES string of the molecule is CSCC(=O)N1C[C@@H]2C[C@H](C1)c1ccc(-c3ccccc3CN(C)C)c(=O)n1C2. The lowest BCUT2D eigenvalue weighted by Gasteiger charge is -2.43. The maximum Gasteiger partial charge on any atom is 0.258 e. The summed E-state index contributed by atoms with van der Waals surface area (Å²) in [7, 11) is 4.09. The Bertz CT molecular complexity index is 969. The Morgan fingerprint density at radius 1 is 1.10 bits per heavy atom. The third-order valence-corrected chi connectivity index (χ3v) is 6.55. The molecule has 2 aromatic rings. The molecule has 2 aliphatic heterocycles. The van der Waals surface area contributed by atoms with Crippen molar-refractivity contribution in [2.24, 2.45) is 5.92 Å². The predicted molar refractivity (Wildman–Crippen MR) is 119 cm³/mol. The molecule has 0 spiro atoms. The van der Waals surface area contributed by atoms with Crippen molar-refractivity contribution in [3.8, 4) is 11.1 Å².